The summed E-state index contributed by atoms with van der Waals surface area (Å²) in [6.45, 7) is 13.1. The van der Waals surface area contributed by atoms with Gasteiger partial charge in [-0.25, -0.2) is 18.2 Å². The molecule has 17 heteroatoms. The van der Waals surface area contributed by atoms with Crippen LogP contribution in [0.3, 0.4) is 0 Å². The van der Waals surface area contributed by atoms with Gasteiger partial charge in [-0.2, -0.15) is 0 Å². The summed E-state index contributed by atoms with van der Waals surface area (Å²) in [5, 5.41) is 17.2. The number of aliphatic hydroxyl groups excluding tert-OH is 1. The Balaban J connectivity index is 0.826. The predicted molar refractivity (Wildman–Crippen MR) is 260 cm³/mol. The number of aryl methyl sites for hydroxylation is 1. The highest BCUT2D eigenvalue weighted by Crippen LogP contribution is 2.44. The normalized spacial score (nSPS) is 19.1. The van der Waals surface area contributed by atoms with Crippen molar-refractivity contribution in [2.45, 2.75) is 117 Å². The van der Waals surface area contributed by atoms with Gasteiger partial charge < -0.3 is 39.8 Å². The van der Waals surface area contributed by atoms with E-state index in [0.29, 0.717) is 38.2 Å². The Labute approximate surface area is 406 Å². The highest BCUT2D eigenvalue weighted by molar-refractivity contribution is 7.13. The molecule has 0 spiro atoms. The molecule has 5 atom stereocenters. The number of hydrogen-bond donors (Lipinski definition) is 4. The third-order valence-electron chi connectivity index (χ3n) is 12.6. The molecule has 372 valence electrons. The Hall–Kier alpha value is -5.33. The Morgan fingerprint density at radius 3 is 2.32 bits per heavy atom. The van der Waals surface area contributed by atoms with Crippen molar-refractivity contribution in [3.8, 4) is 16.2 Å². The van der Waals surface area contributed by atoms with Crippen molar-refractivity contribution >= 4 is 40.0 Å². The number of para-hydroxylation sites is 1. The highest BCUT2D eigenvalue weighted by Gasteiger charge is 2.45. The molecule has 2 aliphatic heterocycles. The molecule has 3 aromatic carbocycles. The molecule has 0 bridgehead atoms. The topological polar surface area (TPSA) is 158 Å². The van der Waals surface area contributed by atoms with Crippen LogP contribution in [0.1, 0.15) is 94.9 Å². The van der Waals surface area contributed by atoms with Crippen LogP contribution in [0.25, 0.3) is 21.3 Å². The zero-order chi connectivity index (χ0) is 49.6. The summed E-state index contributed by atoms with van der Waals surface area (Å²) in [4.78, 5) is 52.4. The van der Waals surface area contributed by atoms with E-state index in [0.717, 1.165) is 38.2 Å². The minimum absolute atomic E-state index is 0.0179. The summed E-state index contributed by atoms with van der Waals surface area (Å²) < 4.78 is 64.2. The maximum atomic E-state index is 16.0. The van der Waals surface area contributed by atoms with E-state index >= 15 is 13.2 Å². The van der Waals surface area contributed by atoms with Gasteiger partial charge in [0, 0.05) is 92.6 Å². The largest absolute Gasteiger partial charge is 0.493 e. The second-order valence-electron chi connectivity index (χ2n) is 19.9. The van der Waals surface area contributed by atoms with Gasteiger partial charge in [0.25, 0.3) is 0 Å². The maximum absolute atomic E-state index is 16.0. The van der Waals surface area contributed by atoms with Gasteiger partial charge in [0.1, 0.15) is 41.7 Å². The van der Waals surface area contributed by atoms with Crippen molar-refractivity contribution in [2.24, 2.45) is 5.41 Å². The molecule has 0 aliphatic carbocycles. The number of amides is 3. The van der Waals surface area contributed by atoms with Gasteiger partial charge in [0.2, 0.25) is 17.7 Å². The lowest BCUT2D eigenvalue weighted by Gasteiger charge is -2.43. The van der Waals surface area contributed by atoms with Crippen LogP contribution >= 0.6 is 11.3 Å². The molecule has 5 aromatic rings. The summed E-state index contributed by atoms with van der Waals surface area (Å²) >= 11 is 1.56. The molecule has 4 heterocycles. The Morgan fingerprint density at radius 2 is 1.65 bits per heavy atom. The molecule has 69 heavy (non-hydrogen) atoms. The molecule has 1 saturated heterocycles. The number of carbonyl (C=O) groups excluding carboxylic acids is 3. The first-order chi connectivity index (χ1) is 32.8. The molecule has 1 fully saturated rings. The van der Waals surface area contributed by atoms with E-state index in [2.05, 4.69) is 20.6 Å². The molecule has 0 unspecified atom stereocenters. The fourth-order valence-electron chi connectivity index (χ4n) is 9.27. The molecular weight excluding hydrogens is 910 g/mol. The number of nitrogens with zero attached hydrogens (tertiary/aromatic N) is 3. The smallest absolute Gasteiger partial charge is 0.246 e. The predicted octanol–water partition coefficient (Wildman–Crippen LogP) is 7.96. The van der Waals surface area contributed by atoms with Crippen molar-refractivity contribution in [1.82, 2.24) is 30.4 Å². The lowest BCUT2D eigenvalue weighted by molar-refractivity contribution is -0.144. The number of β-amino-alcohol motifs (C(OH)–C–C–N with tert-alkyl or cyclic N) is 1. The quantitative estimate of drug-likeness (QED) is 0.0568. The van der Waals surface area contributed by atoms with Gasteiger partial charge in [-0.15, -0.1) is 11.3 Å². The number of ether oxygens (including phenoxy) is 3. The minimum Gasteiger partial charge on any atom is -0.493 e. The Bertz CT molecular complexity index is 2550. The first-order valence-corrected chi connectivity index (χ1v) is 24.5. The van der Waals surface area contributed by atoms with E-state index in [1.54, 1.807) is 16.8 Å². The van der Waals surface area contributed by atoms with Gasteiger partial charge in [0.15, 0.2) is 0 Å². The van der Waals surface area contributed by atoms with E-state index < -0.39 is 64.7 Å². The fourth-order valence-corrected chi connectivity index (χ4v) is 10.1. The molecule has 0 radical (unpaired) electrons. The zero-order valence-electron chi connectivity index (χ0n) is 40.5. The minimum atomic E-state index is -1.61. The van der Waals surface area contributed by atoms with Crippen LogP contribution in [0.4, 0.5) is 13.2 Å². The number of hydrogen-bond acceptors (Lipinski definition) is 10. The number of aliphatic hydroxyl groups is 1. The SMILES string of the molecule is Cc1ncsc1-c1ccc(CNC(=O)[C@@H]2C[C@@H](O)CN2C(=O)[C@@H](NC(=O)COCCCOCCCOc2cc(F)c([C@@H]3c4[nH]c5ccccc5c4C[C@@H](C)N3CC(C)(C)F)c(F)c2)C(C)(C)C)cc1. The fraction of sp³-hybridized carbons (Fsp3) is 0.500. The highest BCUT2D eigenvalue weighted by atomic mass is 32.1. The van der Waals surface area contributed by atoms with Crippen LogP contribution in [0.2, 0.25) is 0 Å². The number of aromatic nitrogens is 2. The number of benzene rings is 3. The number of nitrogens with one attached hydrogen (secondary N) is 3. The second kappa shape index (κ2) is 22.2. The van der Waals surface area contributed by atoms with E-state index in [-0.39, 0.29) is 63.2 Å². The number of aromatic amines is 1. The van der Waals surface area contributed by atoms with Gasteiger partial charge in [-0.05, 0) is 68.7 Å². The summed E-state index contributed by atoms with van der Waals surface area (Å²) in [5.41, 5.74) is 4.67. The lowest BCUT2D eigenvalue weighted by Crippen LogP contribution is -2.58. The monoisotopic (exact) mass is 974 g/mol. The number of carbonyl (C=O) groups is 3. The number of rotatable bonds is 20. The number of thiazole rings is 1. The van der Waals surface area contributed by atoms with Gasteiger partial charge in [-0.1, -0.05) is 63.2 Å². The average Bonchev–Trinajstić information content (AvgIpc) is 4.01. The second-order valence-corrected chi connectivity index (χ2v) is 20.7. The molecule has 7 rings (SSSR count). The Morgan fingerprint density at radius 1 is 0.971 bits per heavy atom. The summed E-state index contributed by atoms with van der Waals surface area (Å²) in [6.07, 6.45) is 0.701. The van der Waals surface area contributed by atoms with Gasteiger partial charge >= 0.3 is 0 Å². The molecule has 3 amide bonds. The molecule has 2 aromatic heterocycles. The Kier molecular flexibility index (Phi) is 16.6. The van der Waals surface area contributed by atoms with E-state index in [4.69, 9.17) is 14.2 Å². The average molecular weight is 975 g/mol. The van der Waals surface area contributed by atoms with Crippen LogP contribution in [0, 0.1) is 24.0 Å². The van der Waals surface area contributed by atoms with Crippen molar-refractivity contribution in [2.75, 3.05) is 46.1 Å². The molecule has 4 N–H and O–H groups in total. The van der Waals surface area contributed by atoms with Crippen molar-refractivity contribution in [3.05, 3.63) is 106 Å². The number of H-pyrrole nitrogens is 1. The van der Waals surface area contributed by atoms with Gasteiger partial charge in [-0.3, -0.25) is 19.3 Å². The first kappa shape index (κ1) is 51.5. The maximum Gasteiger partial charge on any atom is 0.246 e. The van der Waals surface area contributed by atoms with Crippen LogP contribution in [0.5, 0.6) is 5.75 Å². The summed E-state index contributed by atoms with van der Waals surface area (Å²) in [5.74, 6) is -2.88. The van der Waals surface area contributed by atoms with Gasteiger partial charge in [0.05, 0.1) is 34.8 Å². The van der Waals surface area contributed by atoms with E-state index in [9.17, 15) is 19.5 Å². The van der Waals surface area contributed by atoms with Crippen molar-refractivity contribution in [3.63, 3.8) is 0 Å². The van der Waals surface area contributed by atoms with E-state index in [1.807, 2.05) is 88.0 Å². The van der Waals surface area contributed by atoms with Crippen LogP contribution in [0.15, 0.2) is 66.2 Å². The standard InChI is InChI=1S/C52H65F3N6O7S/c1-31-22-38-37-12-8-9-13-41(37)58-45(38)46(61(31)29-52(6,7)55)44-39(53)24-36(25-40(44)54)68-21-11-19-66-18-10-20-67-28-43(63)59-48(51(3,4)5)50(65)60-27-35(62)23-42(60)49(64)56-26-33-14-16-34(17-15-33)47-32(2)57-30-69-47/h8-9,12-17,24-25,30-31,35,42,46,48,58,62H,10-11,18-23,26-29H2,1-7H3,(H,56,64)(H,59,63)/t31-,35-,42+,46-,48-/m1/s1. The van der Waals surface area contributed by atoms with Crippen LogP contribution in [-0.4, -0.2) is 119 Å². The number of alkyl halides is 1. The van der Waals surface area contributed by atoms with Crippen molar-refractivity contribution < 1.29 is 46.9 Å². The number of likely N-dealkylation sites (tertiary alicyclic amines) is 1. The van der Waals surface area contributed by atoms with E-state index in [1.165, 1.54) is 30.9 Å². The molecule has 0 saturated carbocycles. The zero-order valence-corrected chi connectivity index (χ0v) is 41.3. The molecule has 13 nitrogen and oxygen atoms in total. The summed E-state index contributed by atoms with van der Waals surface area (Å²) in [7, 11) is 0. The molecule has 2 aliphatic rings. The first-order valence-electron chi connectivity index (χ1n) is 23.7. The van der Waals surface area contributed by atoms with Crippen LogP contribution in [-0.2, 0) is 36.8 Å². The number of halogens is 3. The molecular formula is C52H65F3N6O7S. The third kappa shape index (κ3) is 12.7. The number of fused-ring (bicyclic) bond motifs is 3. The lowest BCUT2D eigenvalue weighted by atomic mass is 9.85. The van der Waals surface area contributed by atoms with Crippen LogP contribution < -0.4 is 15.4 Å². The van der Waals surface area contributed by atoms with Crippen molar-refractivity contribution in [1.29, 1.82) is 0 Å². The third-order valence-corrected chi connectivity index (χ3v) is 13.6. The summed E-state index contributed by atoms with van der Waals surface area (Å²) in [6, 6.07) is 14.9.